The average molecular weight is 332 g/mol. The average Bonchev–Trinajstić information content (AvgIpc) is 2.62. The summed E-state index contributed by atoms with van der Waals surface area (Å²) in [4.78, 5) is 25.8. The zero-order valence-corrected chi connectivity index (χ0v) is 13.5. The summed E-state index contributed by atoms with van der Waals surface area (Å²) in [6.45, 7) is 1.79. The van der Waals surface area contributed by atoms with Gasteiger partial charge in [-0.25, -0.2) is 9.98 Å². The van der Waals surface area contributed by atoms with Gasteiger partial charge in [-0.3, -0.25) is 19.7 Å². The smallest absolute Gasteiger partial charge is 0.257 e. The Morgan fingerprint density at radius 1 is 1.16 bits per heavy atom. The summed E-state index contributed by atoms with van der Waals surface area (Å²) in [6.07, 6.45) is 2.86. The third-order valence-corrected chi connectivity index (χ3v) is 3.83. The molecule has 1 atom stereocenters. The molecule has 0 saturated carbocycles. The Bertz CT molecular complexity index is 981. The lowest BCUT2D eigenvalue weighted by Crippen LogP contribution is -2.37. The first-order valence-electron chi connectivity index (χ1n) is 7.88. The summed E-state index contributed by atoms with van der Waals surface area (Å²) in [5.74, 6) is 0.977. The monoisotopic (exact) mass is 332 g/mol. The molecule has 0 unspecified atom stereocenters. The minimum absolute atomic E-state index is 0.161. The number of aromatic nitrogens is 3. The third kappa shape index (κ3) is 2.99. The maximum atomic E-state index is 12.5. The van der Waals surface area contributed by atoms with E-state index in [-0.39, 0.29) is 5.56 Å². The number of fused-ring (bicyclic) bond motifs is 1. The molecule has 3 aromatic rings. The van der Waals surface area contributed by atoms with E-state index in [1.165, 1.54) is 10.6 Å². The predicted molar refractivity (Wildman–Crippen MR) is 96.7 cm³/mol. The number of hydrogen-bond donors (Lipinski definition) is 2. The van der Waals surface area contributed by atoms with Crippen molar-refractivity contribution in [2.45, 2.75) is 13.1 Å². The van der Waals surface area contributed by atoms with Crippen molar-refractivity contribution in [3.63, 3.8) is 0 Å². The molecule has 7 nitrogen and oxygen atoms in total. The number of pyridine rings is 1. The molecule has 7 heteroatoms. The standard InChI is InChI=1S/C18H16N6O/c1-12-10-15(25)24-16(13-6-5-9-19-11-13)22-17(23-18(24)20-12)21-14-7-3-2-4-8-14/h2-11,16H,1H3,(H2,20,21,22,23)/t16-/m1/s1. The van der Waals surface area contributed by atoms with Gasteiger partial charge >= 0.3 is 0 Å². The van der Waals surface area contributed by atoms with Gasteiger partial charge < -0.3 is 5.32 Å². The Hall–Kier alpha value is -3.48. The number of hydrogen-bond acceptors (Lipinski definition) is 6. The van der Waals surface area contributed by atoms with Crippen LogP contribution in [0.5, 0.6) is 0 Å². The molecule has 1 aliphatic heterocycles. The molecule has 0 radical (unpaired) electrons. The predicted octanol–water partition coefficient (Wildman–Crippen LogP) is 2.39. The Morgan fingerprint density at radius 2 is 2.00 bits per heavy atom. The molecule has 1 aliphatic rings. The number of aliphatic imine (C=N–C) groups is 1. The number of rotatable bonds is 2. The zero-order valence-electron chi connectivity index (χ0n) is 13.5. The summed E-state index contributed by atoms with van der Waals surface area (Å²) < 4.78 is 1.53. The van der Waals surface area contributed by atoms with Crippen LogP contribution in [0.3, 0.4) is 0 Å². The van der Waals surface area contributed by atoms with Gasteiger partial charge in [0, 0.05) is 35.4 Å². The van der Waals surface area contributed by atoms with Gasteiger partial charge in [-0.15, -0.1) is 0 Å². The van der Waals surface area contributed by atoms with Crippen LogP contribution in [0.4, 0.5) is 11.6 Å². The molecule has 4 rings (SSSR count). The number of aryl methyl sites for hydroxylation is 1. The molecule has 124 valence electrons. The highest BCUT2D eigenvalue weighted by atomic mass is 16.1. The topological polar surface area (TPSA) is 84.2 Å². The Labute approximate surface area is 144 Å². The minimum atomic E-state index is -0.531. The lowest BCUT2D eigenvalue weighted by atomic mass is 10.2. The van der Waals surface area contributed by atoms with Crippen molar-refractivity contribution < 1.29 is 0 Å². The SMILES string of the molecule is Cc1cc(=O)n2c(n1)NC(Nc1ccccc1)=N[C@H]2c1cccnc1. The van der Waals surface area contributed by atoms with Crippen molar-refractivity contribution in [1.82, 2.24) is 14.5 Å². The van der Waals surface area contributed by atoms with Gasteiger partial charge in [0.1, 0.15) is 0 Å². The van der Waals surface area contributed by atoms with E-state index in [0.29, 0.717) is 17.6 Å². The maximum Gasteiger partial charge on any atom is 0.257 e. The van der Waals surface area contributed by atoms with Gasteiger partial charge in [-0.1, -0.05) is 24.3 Å². The largest absolute Gasteiger partial charge is 0.326 e. The molecule has 25 heavy (non-hydrogen) atoms. The van der Waals surface area contributed by atoms with Crippen LogP contribution in [-0.2, 0) is 0 Å². The number of para-hydroxylation sites is 1. The Balaban J connectivity index is 1.81. The second-order valence-electron chi connectivity index (χ2n) is 5.68. The van der Waals surface area contributed by atoms with E-state index in [9.17, 15) is 4.79 Å². The molecule has 1 aromatic carbocycles. The van der Waals surface area contributed by atoms with Crippen molar-refractivity contribution in [1.29, 1.82) is 0 Å². The van der Waals surface area contributed by atoms with Gasteiger partial charge in [0.15, 0.2) is 6.17 Å². The first-order chi connectivity index (χ1) is 12.2. The molecule has 0 spiro atoms. The summed E-state index contributed by atoms with van der Waals surface area (Å²) in [5, 5.41) is 6.32. The van der Waals surface area contributed by atoms with Crippen LogP contribution >= 0.6 is 0 Å². The van der Waals surface area contributed by atoms with Gasteiger partial charge in [-0.05, 0) is 25.1 Å². The van der Waals surface area contributed by atoms with Crippen molar-refractivity contribution in [2.75, 3.05) is 10.6 Å². The quantitative estimate of drug-likeness (QED) is 0.753. The van der Waals surface area contributed by atoms with E-state index in [2.05, 4.69) is 25.6 Å². The van der Waals surface area contributed by atoms with E-state index < -0.39 is 6.17 Å². The number of anilines is 2. The van der Waals surface area contributed by atoms with Crippen LogP contribution < -0.4 is 16.2 Å². The minimum Gasteiger partial charge on any atom is -0.326 e. The molecule has 0 aliphatic carbocycles. The lowest BCUT2D eigenvalue weighted by Gasteiger charge is -2.26. The number of guanidine groups is 1. The van der Waals surface area contributed by atoms with Crippen molar-refractivity contribution in [3.05, 3.63) is 82.5 Å². The highest BCUT2D eigenvalue weighted by Crippen LogP contribution is 2.25. The molecule has 0 bridgehead atoms. The second-order valence-corrected chi connectivity index (χ2v) is 5.68. The van der Waals surface area contributed by atoms with Crippen LogP contribution in [0.2, 0.25) is 0 Å². The highest BCUT2D eigenvalue weighted by Gasteiger charge is 2.25. The molecule has 2 aromatic heterocycles. The molecule has 0 amide bonds. The van der Waals surface area contributed by atoms with Gasteiger partial charge in [-0.2, -0.15) is 0 Å². The van der Waals surface area contributed by atoms with Crippen LogP contribution in [0, 0.1) is 6.92 Å². The van der Waals surface area contributed by atoms with E-state index in [4.69, 9.17) is 0 Å². The van der Waals surface area contributed by atoms with Gasteiger partial charge in [0.2, 0.25) is 11.9 Å². The number of nitrogens with one attached hydrogen (secondary N) is 2. The lowest BCUT2D eigenvalue weighted by molar-refractivity contribution is 0.575. The molecular formula is C18H16N6O. The maximum absolute atomic E-state index is 12.5. The van der Waals surface area contributed by atoms with E-state index >= 15 is 0 Å². The van der Waals surface area contributed by atoms with Crippen molar-refractivity contribution >= 4 is 17.6 Å². The summed E-state index contributed by atoms with van der Waals surface area (Å²) >= 11 is 0. The summed E-state index contributed by atoms with van der Waals surface area (Å²) in [5.41, 5.74) is 2.19. The number of nitrogens with zero attached hydrogens (tertiary/aromatic N) is 4. The third-order valence-electron chi connectivity index (χ3n) is 3.83. The Morgan fingerprint density at radius 3 is 2.76 bits per heavy atom. The summed E-state index contributed by atoms with van der Waals surface area (Å²) in [7, 11) is 0. The number of benzene rings is 1. The van der Waals surface area contributed by atoms with Gasteiger partial charge in [0.05, 0.1) is 0 Å². The fraction of sp³-hybridized carbons (Fsp3) is 0.111. The molecular weight excluding hydrogens is 316 g/mol. The van der Waals surface area contributed by atoms with Crippen molar-refractivity contribution in [3.8, 4) is 0 Å². The van der Waals surface area contributed by atoms with Crippen molar-refractivity contribution in [2.24, 2.45) is 4.99 Å². The first-order valence-corrected chi connectivity index (χ1v) is 7.88. The highest BCUT2D eigenvalue weighted by molar-refractivity contribution is 6.03. The van der Waals surface area contributed by atoms with Crippen LogP contribution in [-0.4, -0.2) is 20.5 Å². The van der Waals surface area contributed by atoms with Crippen LogP contribution in [0.15, 0.2) is 70.7 Å². The van der Waals surface area contributed by atoms with E-state index in [1.807, 2.05) is 42.5 Å². The first kappa shape index (κ1) is 15.1. The molecule has 3 heterocycles. The molecule has 2 N–H and O–H groups in total. The molecule has 0 saturated heterocycles. The second kappa shape index (κ2) is 6.20. The summed E-state index contributed by atoms with van der Waals surface area (Å²) in [6, 6.07) is 14.9. The Kier molecular flexibility index (Phi) is 3.74. The fourth-order valence-electron chi connectivity index (χ4n) is 2.72. The zero-order chi connectivity index (χ0) is 17.2. The van der Waals surface area contributed by atoms with Crippen LogP contribution in [0.1, 0.15) is 17.4 Å². The van der Waals surface area contributed by atoms with Gasteiger partial charge in [0.25, 0.3) is 5.56 Å². The van der Waals surface area contributed by atoms with E-state index in [1.54, 1.807) is 19.3 Å². The van der Waals surface area contributed by atoms with Crippen LogP contribution in [0.25, 0.3) is 0 Å². The molecule has 0 fully saturated rings. The van der Waals surface area contributed by atoms with E-state index in [0.717, 1.165) is 11.3 Å². The normalized spacial score (nSPS) is 15.7. The fourth-order valence-corrected chi connectivity index (χ4v) is 2.72.